The third-order valence-corrected chi connectivity index (χ3v) is 5.23. The Morgan fingerprint density at radius 1 is 0.963 bits per heavy atom. The largest absolute Gasteiger partial charge is 0.445 e. The third-order valence-electron chi connectivity index (χ3n) is 5.23. The molecule has 6 nitrogen and oxygen atoms in total. The molecule has 2 atom stereocenters. The summed E-state index contributed by atoms with van der Waals surface area (Å²) in [6, 6.07) is 16.2. The van der Waals surface area contributed by atoms with E-state index in [1.807, 2.05) is 30.3 Å². The van der Waals surface area contributed by atoms with Gasteiger partial charge in [-0.3, -0.25) is 14.5 Å². The summed E-state index contributed by atoms with van der Waals surface area (Å²) >= 11 is 0. The van der Waals surface area contributed by atoms with Crippen LogP contribution < -0.4 is 5.32 Å². The molecule has 1 fully saturated rings. The molecule has 4 rings (SSSR count). The Morgan fingerprint density at radius 2 is 1.59 bits per heavy atom. The topological polar surface area (TPSA) is 75.7 Å². The van der Waals surface area contributed by atoms with Gasteiger partial charge in [0.15, 0.2) is 0 Å². The van der Waals surface area contributed by atoms with Gasteiger partial charge in [-0.2, -0.15) is 0 Å². The fourth-order valence-corrected chi connectivity index (χ4v) is 3.53. The Morgan fingerprint density at radius 3 is 2.19 bits per heavy atom. The summed E-state index contributed by atoms with van der Waals surface area (Å²) in [4.78, 5) is 38.2. The number of rotatable bonds is 5. The zero-order valence-electron chi connectivity index (χ0n) is 14.8. The van der Waals surface area contributed by atoms with Crippen LogP contribution in [0.2, 0.25) is 0 Å². The van der Waals surface area contributed by atoms with E-state index in [1.165, 1.54) is 4.90 Å². The first-order valence-corrected chi connectivity index (χ1v) is 9.06. The predicted molar refractivity (Wildman–Crippen MR) is 98.1 cm³/mol. The number of ether oxygens (including phenoxy) is 1. The SMILES string of the molecule is O=C(NC1CCC1CN1C(=O)c2ccccc2C1=O)OCc1ccccc1. The molecule has 1 saturated carbocycles. The molecule has 2 unspecified atom stereocenters. The number of carbonyl (C=O) groups excluding carboxylic acids is 3. The normalized spacial score (nSPS) is 20.8. The van der Waals surface area contributed by atoms with Gasteiger partial charge in [0.05, 0.1) is 11.1 Å². The van der Waals surface area contributed by atoms with E-state index >= 15 is 0 Å². The van der Waals surface area contributed by atoms with Crippen molar-refractivity contribution < 1.29 is 19.1 Å². The second-order valence-corrected chi connectivity index (χ2v) is 6.92. The molecular formula is C21H20N2O4. The lowest BCUT2D eigenvalue weighted by Gasteiger charge is -2.38. The lowest BCUT2D eigenvalue weighted by molar-refractivity contribution is 0.0565. The van der Waals surface area contributed by atoms with Crippen molar-refractivity contribution in [3.63, 3.8) is 0 Å². The van der Waals surface area contributed by atoms with E-state index in [-0.39, 0.29) is 30.4 Å². The van der Waals surface area contributed by atoms with Gasteiger partial charge in [0.1, 0.15) is 6.61 Å². The molecule has 1 heterocycles. The zero-order chi connectivity index (χ0) is 18.8. The van der Waals surface area contributed by atoms with Crippen molar-refractivity contribution in [1.82, 2.24) is 10.2 Å². The van der Waals surface area contributed by atoms with Gasteiger partial charge in [0.25, 0.3) is 11.8 Å². The minimum Gasteiger partial charge on any atom is -0.445 e. The van der Waals surface area contributed by atoms with Crippen molar-refractivity contribution in [2.75, 3.05) is 6.54 Å². The highest BCUT2D eigenvalue weighted by Crippen LogP contribution is 2.31. The molecule has 1 aliphatic heterocycles. The lowest BCUT2D eigenvalue weighted by atomic mass is 9.79. The third kappa shape index (κ3) is 3.43. The number of nitrogens with one attached hydrogen (secondary N) is 1. The van der Waals surface area contributed by atoms with Gasteiger partial charge in [-0.15, -0.1) is 0 Å². The Bertz CT molecular complexity index is 846. The number of hydrogen-bond donors (Lipinski definition) is 1. The van der Waals surface area contributed by atoms with E-state index in [1.54, 1.807) is 24.3 Å². The molecule has 0 radical (unpaired) electrons. The summed E-state index contributed by atoms with van der Waals surface area (Å²) < 4.78 is 5.25. The molecule has 6 heteroatoms. The minimum absolute atomic E-state index is 0.0523. The number of alkyl carbamates (subject to hydrolysis) is 1. The Labute approximate surface area is 157 Å². The maximum atomic E-state index is 12.5. The lowest BCUT2D eigenvalue weighted by Crippen LogP contribution is -2.51. The van der Waals surface area contributed by atoms with Gasteiger partial charge < -0.3 is 10.1 Å². The second-order valence-electron chi connectivity index (χ2n) is 6.92. The van der Waals surface area contributed by atoms with Crippen LogP contribution in [0.3, 0.4) is 0 Å². The number of carbonyl (C=O) groups is 3. The number of nitrogens with zero attached hydrogens (tertiary/aromatic N) is 1. The molecular weight excluding hydrogens is 344 g/mol. The van der Waals surface area contributed by atoms with Crippen LogP contribution >= 0.6 is 0 Å². The fraction of sp³-hybridized carbons (Fsp3) is 0.286. The van der Waals surface area contributed by atoms with Crippen molar-refractivity contribution in [2.24, 2.45) is 5.92 Å². The molecule has 27 heavy (non-hydrogen) atoms. The quantitative estimate of drug-likeness (QED) is 0.828. The van der Waals surface area contributed by atoms with Gasteiger partial charge in [-0.25, -0.2) is 4.79 Å². The van der Waals surface area contributed by atoms with E-state index in [0.29, 0.717) is 17.7 Å². The average Bonchev–Trinajstić information content (AvgIpc) is 2.93. The van der Waals surface area contributed by atoms with Crippen LogP contribution in [-0.2, 0) is 11.3 Å². The van der Waals surface area contributed by atoms with E-state index in [9.17, 15) is 14.4 Å². The van der Waals surface area contributed by atoms with Crippen molar-refractivity contribution in [3.8, 4) is 0 Å². The van der Waals surface area contributed by atoms with Crippen LogP contribution in [0.5, 0.6) is 0 Å². The molecule has 1 N–H and O–H groups in total. The Balaban J connectivity index is 1.30. The van der Waals surface area contributed by atoms with Crippen molar-refractivity contribution >= 4 is 17.9 Å². The second kappa shape index (κ2) is 7.23. The maximum absolute atomic E-state index is 12.5. The average molecular weight is 364 g/mol. The molecule has 0 bridgehead atoms. The predicted octanol–water partition coefficient (Wildman–Crippen LogP) is 2.99. The summed E-state index contributed by atoms with van der Waals surface area (Å²) in [6.45, 7) is 0.526. The summed E-state index contributed by atoms with van der Waals surface area (Å²) in [5.41, 5.74) is 1.83. The fourth-order valence-electron chi connectivity index (χ4n) is 3.53. The number of amides is 3. The molecule has 3 amide bonds. The Kier molecular flexibility index (Phi) is 4.62. The molecule has 2 aromatic carbocycles. The van der Waals surface area contributed by atoms with Crippen LogP contribution in [-0.4, -0.2) is 35.4 Å². The van der Waals surface area contributed by atoms with Crippen molar-refractivity contribution in [2.45, 2.75) is 25.5 Å². The van der Waals surface area contributed by atoms with Crippen molar-refractivity contribution in [1.29, 1.82) is 0 Å². The standard InChI is InChI=1S/C21H20N2O4/c24-19-16-8-4-5-9-17(16)20(25)23(19)12-15-10-11-18(15)22-21(26)27-13-14-6-2-1-3-7-14/h1-9,15,18H,10-13H2,(H,22,26). The smallest absolute Gasteiger partial charge is 0.407 e. The maximum Gasteiger partial charge on any atom is 0.407 e. The van der Waals surface area contributed by atoms with E-state index < -0.39 is 6.09 Å². The van der Waals surface area contributed by atoms with Crippen molar-refractivity contribution in [3.05, 3.63) is 71.3 Å². The molecule has 2 aromatic rings. The molecule has 138 valence electrons. The van der Waals surface area contributed by atoms with Gasteiger partial charge in [0.2, 0.25) is 0 Å². The molecule has 0 aromatic heterocycles. The summed E-state index contributed by atoms with van der Waals surface area (Å²) in [7, 11) is 0. The van der Waals surface area contributed by atoms with Crippen LogP contribution in [0.25, 0.3) is 0 Å². The molecule has 2 aliphatic rings. The first kappa shape index (κ1) is 17.3. The van der Waals surface area contributed by atoms with E-state index in [4.69, 9.17) is 4.74 Å². The van der Waals surface area contributed by atoms with E-state index in [2.05, 4.69) is 5.32 Å². The summed E-state index contributed by atoms with van der Waals surface area (Å²) in [5, 5.41) is 2.85. The van der Waals surface area contributed by atoms with Gasteiger partial charge in [-0.1, -0.05) is 42.5 Å². The highest BCUT2D eigenvalue weighted by atomic mass is 16.5. The van der Waals surface area contributed by atoms with Crippen LogP contribution in [0.4, 0.5) is 4.79 Å². The zero-order valence-corrected chi connectivity index (χ0v) is 14.8. The monoisotopic (exact) mass is 364 g/mol. The first-order chi connectivity index (χ1) is 13.1. The molecule has 1 aliphatic carbocycles. The van der Waals surface area contributed by atoms with Crippen LogP contribution in [0.1, 0.15) is 39.1 Å². The highest BCUT2D eigenvalue weighted by molar-refractivity contribution is 6.21. The van der Waals surface area contributed by atoms with Gasteiger partial charge in [-0.05, 0) is 36.5 Å². The number of imide groups is 1. The van der Waals surface area contributed by atoms with Gasteiger partial charge >= 0.3 is 6.09 Å². The molecule has 0 saturated heterocycles. The number of hydrogen-bond acceptors (Lipinski definition) is 4. The summed E-state index contributed by atoms with van der Waals surface area (Å²) in [6.07, 6.45) is 1.20. The molecule has 0 spiro atoms. The first-order valence-electron chi connectivity index (χ1n) is 9.06. The highest BCUT2D eigenvalue weighted by Gasteiger charge is 2.41. The van der Waals surface area contributed by atoms with Gasteiger partial charge in [0, 0.05) is 12.6 Å². The number of fused-ring (bicyclic) bond motifs is 1. The Hall–Kier alpha value is -3.15. The minimum atomic E-state index is -0.476. The summed E-state index contributed by atoms with van der Waals surface area (Å²) in [5.74, 6) is -0.461. The number of benzene rings is 2. The van der Waals surface area contributed by atoms with E-state index in [0.717, 1.165) is 18.4 Å². The van der Waals surface area contributed by atoms with Crippen LogP contribution in [0.15, 0.2) is 54.6 Å². The van der Waals surface area contributed by atoms with Crippen LogP contribution in [0, 0.1) is 5.92 Å².